The highest BCUT2D eigenvalue weighted by Crippen LogP contribution is 2.23. The van der Waals surface area contributed by atoms with E-state index in [-0.39, 0.29) is 11.4 Å². The molecule has 1 aromatic carbocycles. The lowest BCUT2D eigenvalue weighted by atomic mass is 9.93. The van der Waals surface area contributed by atoms with Gasteiger partial charge in [-0.3, -0.25) is 4.79 Å². The number of benzene rings is 1. The van der Waals surface area contributed by atoms with Crippen molar-refractivity contribution in [3.8, 4) is 0 Å². The fourth-order valence-corrected chi connectivity index (χ4v) is 2.75. The first-order valence-corrected chi connectivity index (χ1v) is 7.54. The first-order valence-electron chi connectivity index (χ1n) is 6.75. The summed E-state index contributed by atoms with van der Waals surface area (Å²) in [5, 5.41) is 6.43. The van der Waals surface area contributed by atoms with Gasteiger partial charge in [0.2, 0.25) is 5.91 Å². The van der Waals surface area contributed by atoms with E-state index in [0.717, 1.165) is 29.5 Å². The van der Waals surface area contributed by atoms with Gasteiger partial charge in [-0.15, -0.1) is 0 Å². The standard InChI is InChI=1S/C15H21BrN2O/c1-15(2,12-3-5-13(16)6-4-12)18-14(19)9-11-7-8-17-10-11/h3-6,11,17H,7-10H2,1-2H3,(H,18,19). The molecule has 0 bridgehead atoms. The zero-order chi connectivity index (χ0) is 13.9. The van der Waals surface area contributed by atoms with E-state index in [4.69, 9.17) is 0 Å². The normalized spacial score (nSPS) is 19.4. The molecule has 2 N–H and O–H groups in total. The van der Waals surface area contributed by atoms with E-state index >= 15 is 0 Å². The van der Waals surface area contributed by atoms with Gasteiger partial charge in [-0.05, 0) is 57.0 Å². The number of hydrogen-bond acceptors (Lipinski definition) is 2. The maximum atomic E-state index is 12.1. The van der Waals surface area contributed by atoms with Crippen molar-refractivity contribution in [1.29, 1.82) is 0 Å². The van der Waals surface area contributed by atoms with E-state index in [2.05, 4.69) is 26.6 Å². The summed E-state index contributed by atoms with van der Waals surface area (Å²) >= 11 is 3.43. The molecule has 1 unspecified atom stereocenters. The molecule has 1 atom stereocenters. The summed E-state index contributed by atoms with van der Waals surface area (Å²) in [5.74, 6) is 0.627. The topological polar surface area (TPSA) is 41.1 Å². The Balaban J connectivity index is 1.95. The quantitative estimate of drug-likeness (QED) is 0.894. The maximum Gasteiger partial charge on any atom is 0.220 e. The number of amides is 1. The van der Waals surface area contributed by atoms with Gasteiger partial charge >= 0.3 is 0 Å². The van der Waals surface area contributed by atoms with Crippen molar-refractivity contribution in [2.75, 3.05) is 13.1 Å². The van der Waals surface area contributed by atoms with Gasteiger partial charge in [0, 0.05) is 10.9 Å². The molecule has 0 radical (unpaired) electrons. The summed E-state index contributed by atoms with van der Waals surface area (Å²) < 4.78 is 1.05. The summed E-state index contributed by atoms with van der Waals surface area (Å²) in [5.41, 5.74) is 0.790. The van der Waals surface area contributed by atoms with Crippen LogP contribution < -0.4 is 10.6 Å². The Hall–Kier alpha value is -0.870. The summed E-state index contributed by atoms with van der Waals surface area (Å²) in [4.78, 5) is 12.1. The minimum atomic E-state index is -0.330. The average molecular weight is 325 g/mol. The lowest BCUT2D eigenvalue weighted by Crippen LogP contribution is -2.41. The molecular weight excluding hydrogens is 304 g/mol. The monoisotopic (exact) mass is 324 g/mol. The molecule has 1 aliphatic heterocycles. The lowest BCUT2D eigenvalue weighted by molar-refractivity contribution is -0.123. The molecule has 2 rings (SSSR count). The second kappa shape index (κ2) is 6.06. The molecule has 104 valence electrons. The molecule has 3 nitrogen and oxygen atoms in total. The molecule has 19 heavy (non-hydrogen) atoms. The third-order valence-electron chi connectivity index (χ3n) is 3.65. The second-order valence-electron chi connectivity index (χ2n) is 5.74. The van der Waals surface area contributed by atoms with Gasteiger partial charge in [0.05, 0.1) is 5.54 Å². The van der Waals surface area contributed by atoms with Crippen molar-refractivity contribution in [2.45, 2.75) is 32.2 Å². The molecule has 1 aromatic rings. The number of halogens is 1. The Bertz CT molecular complexity index is 436. The predicted molar refractivity (Wildman–Crippen MR) is 80.9 cm³/mol. The number of carbonyl (C=O) groups is 1. The van der Waals surface area contributed by atoms with Crippen LogP contribution in [-0.2, 0) is 10.3 Å². The largest absolute Gasteiger partial charge is 0.347 e. The fraction of sp³-hybridized carbons (Fsp3) is 0.533. The summed E-state index contributed by atoms with van der Waals surface area (Å²) in [6.07, 6.45) is 1.72. The third kappa shape index (κ3) is 4.05. The van der Waals surface area contributed by atoms with Gasteiger partial charge in [0.1, 0.15) is 0 Å². The number of rotatable bonds is 4. The summed E-state index contributed by atoms with van der Waals surface area (Å²) in [6.45, 7) is 6.09. The fourth-order valence-electron chi connectivity index (χ4n) is 2.49. The van der Waals surface area contributed by atoms with E-state index < -0.39 is 0 Å². The minimum absolute atomic E-state index is 0.140. The zero-order valence-corrected chi connectivity index (χ0v) is 13.1. The van der Waals surface area contributed by atoms with Crippen LogP contribution in [0.15, 0.2) is 28.7 Å². The molecule has 1 fully saturated rings. The minimum Gasteiger partial charge on any atom is -0.347 e. The van der Waals surface area contributed by atoms with E-state index in [0.29, 0.717) is 12.3 Å². The molecule has 0 spiro atoms. The number of nitrogens with one attached hydrogen (secondary N) is 2. The second-order valence-corrected chi connectivity index (χ2v) is 6.66. The van der Waals surface area contributed by atoms with Crippen LogP contribution in [0.4, 0.5) is 0 Å². The molecule has 0 saturated carbocycles. The van der Waals surface area contributed by atoms with E-state index in [1.807, 2.05) is 38.1 Å². The molecule has 4 heteroatoms. The molecule has 0 aliphatic carbocycles. The van der Waals surface area contributed by atoms with Crippen LogP contribution in [0.3, 0.4) is 0 Å². The van der Waals surface area contributed by atoms with Crippen LogP contribution in [-0.4, -0.2) is 19.0 Å². The zero-order valence-electron chi connectivity index (χ0n) is 11.5. The van der Waals surface area contributed by atoms with Gasteiger partial charge in [0.15, 0.2) is 0 Å². The van der Waals surface area contributed by atoms with Gasteiger partial charge in [-0.1, -0.05) is 28.1 Å². The first-order chi connectivity index (χ1) is 8.97. The Labute approximate surface area is 123 Å². The van der Waals surface area contributed by atoms with Crippen molar-refractivity contribution in [1.82, 2.24) is 10.6 Å². The molecule has 1 aliphatic rings. The first kappa shape index (κ1) is 14.5. The molecule has 1 heterocycles. The van der Waals surface area contributed by atoms with E-state index in [1.54, 1.807) is 0 Å². The van der Waals surface area contributed by atoms with Crippen LogP contribution in [0.2, 0.25) is 0 Å². The van der Waals surface area contributed by atoms with Crippen molar-refractivity contribution in [2.24, 2.45) is 5.92 Å². The van der Waals surface area contributed by atoms with Gasteiger partial charge in [-0.25, -0.2) is 0 Å². The highest BCUT2D eigenvalue weighted by molar-refractivity contribution is 9.10. The molecule has 0 aromatic heterocycles. The lowest BCUT2D eigenvalue weighted by Gasteiger charge is -2.27. The highest BCUT2D eigenvalue weighted by atomic mass is 79.9. The summed E-state index contributed by atoms with van der Waals surface area (Å²) in [6, 6.07) is 8.09. The van der Waals surface area contributed by atoms with Crippen molar-refractivity contribution < 1.29 is 4.79 Å². The average Bonchev–Trinajstić information content (AvgIpc) is 2.81. The van der Waals surface area contributed by atoms with Crippen LogP contribution >= 0.6 is 15.9 Å². The highest BCUT2D eigenvalue weighted by Gasteiger charge is 2.25. The molecular formula is C15H21BrN2O. The molecule has 1 amide bonds. The van der Waals surface area contributed by atoms with Crippen molar-refractivity contribution >= 4 is 21.8 Å². The van der Waals surface area contributed by atoms with Gasteiger partial charge in [-0.2, -0.15) is 0 Å². The Morgan fingerprint density at radius 1 is 1.42 bits per heavy atom. The Kier molecular flexibility index (Phi) is 4.63. The molecule has 1 saturated heterocycles. The van der Waals surface area contributed by atoms with Crippen LogP contribution in [0, 0.1) is 5.92 Å². The van der Waals surface area contributed by atoms with Crippen LogP contribution in [0.5, 0.6) is 0 Å². The van der Waals surface area contributed by atoms with E-state index in [9.17, 15) is 4.79 Å². The predicted octanol–water partition coefficient (Wildman–Crippen LogP) is 2.80. The summed E-state index contributed by atoms with van der Waals surface area (Å²) in [7, 11) is 0. The van der Waals surface area contributed by atoms with Gasteiger partial charge < -0.3 is 10.6 Å². The maximum absolute atomic E-state index is 12.1. The van der Waals surface area contributed by atoms with E-state index in [1.165, 1.54) is 0 Å². The van der Waals surface area contributed by atoms with Crippen LogP contribution in [0.25, 0.3) is 0 Å². The number of carbonyl (C=O) groups excluding carboxylic acids is 1. The smallest absolute Gasteiger partial charge is 0.220 e. The van der Waals surface area contributed by atoms with Gasteiger partial charge in [0.25, 0.3) is 0 Å². The van der Waals surface area contributed by atoms with Crippen LogP contribution in [0.1, 0.15) is 32.3 Å². The Morgan fingerprint density at radius 2 is 2.11 bits per heavy atom. The third-order valence-corrected chi connectivity index (χ3v) is 4.18. The SMILES string of the molecule is CC(C)(NC(=O)CC1CCNC1)c1ccc(Br)cc1. The van der Waals surface area contributed by atoms with Crippen molar-refractivity contribution in [3.05, 3.63) is 34.3 Å². The number of hydrogen-bond donors (Lipinski definition) is 2. The van der Waals surface area contributed by atoms with Crippen molar-refractivity contribution in [3.63, 3.8) is 0 Å². The Morgan fingerprint density at radius 3 is 2.68 bits per heavy atom.